The highest BCUT2D eigenvalue weighted by atomic mass is 14.3. The second kappa shape index (κ2) is 6.93. The van der Waals surface area contributed by atoms with Crippen LogP contribution in [0.4, 0.5) is 0 Å². The molecular weight excluding hydrogens is 192 g/mol. The maximum atomic E-state index is 2.40. The molecule has 1 saturated carbocycles. The Hall–Kier alpha value is -0.520. The van der Waals surface area contributed by atoms with Crippen molar-refractivity contribution in [1.82, 2.24) is 0 Å². The highest BCUT2D eigenvalue weighted by Gasteiger charge is 2.21. The molecule has 2 aliphatic rings. The van der Waals surface area contributed by atoms with Gasteiger partial charge in [0.25, 0.3) is 0 Å². The van der Waals surface area contributed by atoms with Crippen LogP contribution in [0.1, 0.15) is 66.2 Å². The number of rotatable bonds is 1. The summed E-state index contributed by atoms with van der Waals surface area (Å²) in [5.41, 5.74) is 3.29. The summed E-state index contributed by atoms with van der Waals surface area (Å²) in [6.07, 6.45) is 13.2. The summed E-state index contributed by atoms with van der Waals surface area (Å²) in [6, 6.07) is 0. The van der Waals surface area contributed by atoms with Gasteiger partial charge in [0.05, 0.1) is 0 Å². The van der Waals surface area contributed by atoms with E-state index in [1.807, 2.05) is 13.8 Å². The first-order valence-corrected chi connectivity index (χ1v) is 7.12. The maximum Gasteiger partial charge on any atom is -0.0200 e. The van der Waals surface area contributed by atoms with Crippen molar-refractivity contribution >= 4 is 0 Å². The molecule has 0 unspecified atom stereocenters. The van der Waals surface area contributed by atoms with Crippen molar-refractivity contribution in [3.63, 3.8) is 0 Å². The minimum Gasteiger partial charge on any atom is -0.0730 e. The highest BCUT2D eigenvalue weighted by molar-refractivity contribution is 5.24. The zero-order chi connectivity index (χ0) is 12.0. The molecule has 0 amide bonds. The zero-order valence-corrected chi connectivity index (χ0v) is 11.6. The first-order valence-electron chi connectivity index (χ1n) is 7.12. The van der Waals surface area contributed by atoms with E-state index in [4.69, 9.17) is 0 Å². The highest BCUT2D eigenvalue weighted by Crippen LogP contribution is 2.36. The number of allylic oxidation sites excluding steroid dienone is 4. The SMILES string of the molecule is CC.CC1=CC=C(C2CCC(C)CC2)CC1. The molecule has 1 fully saturated rings. The summed E-state index contributed by atoms with van der Waals surface area (Å²) in [5, 5.41) is 0. The molecule has 0 aromatic carbocycles. The van der Waals surface area contributed by atoms with Crippen LogP contribution < -0.4 is 0 Å². The number of hydrogen-bond donors (Lipinski definition) is 0. The summed E-state index contributed by atoms with van der Waals surface area (Å²) in [4.78, 5) is 0. The lowest BCUT2D eigenvalue weighted by atomic mass is 9.77. The second-order valence-electron chi connectivity index (χ2n) is 5.21. The number of hydrogen-bond acceptors (Lipinski definition) is 0. The van der Waals surface area contributed by atoms with E-state index < -0.39 is 0 Å². The molecule has 0 N–H and O–H groups in total. The summed E-state index contributed by atoms with van der Waals surface area (Å²) < 4.78 is 0. The van der Waals surface area contributed by atoms with Crippen LogP contribution >= 0.6 is 0 Å². The van der Waals surface area contributed by atoms with E-state index in [0.717, 1.165) is 11.8 Å². The van der Waals surface area contributed by atoms with Crippen LogP contribution in [-0.2, 0) is 0 Å². The van der Waals surface area contributed by atoms with Gasteiger partial charge in [0.15, 0.2) is 0 Å². The van der Waals surface area contributed by atoms with Crippen LogP contribution in [0.25, 0.3) is 0 Å². The molecule has 92 valence electrons. The quantitative estimate of drug-likeness (QED) is 0.547. The van der Waals surface area contributed by atoms with Gasteiger partial charge in [-0.1, -0.05) is 56.9 Å². The second-order valence-corrected chi connectivity index (χ2v) is 5.21. The summed E-state index contributed by atoms with van der Waals surface area (Å²) in [5.74, 6) is 1.91. The molecule has 0 radical (unpaired) electrons. The molecule has 16 heavy (non-hydrogen) atoms. The molecule has 0 spiro atoms. The van der Waals surface area contributed by atoms with E-state index in [2.05, 4.69) is 26.0 Å². The molecule has 0 nitrogen and oxygen atoms in total. The normalized spacial score (nSPS) is 29.8. The Labute approximate surface area is 102 Å². The van der Waals surface area contributed by atoms with E-state index in [1.165, 1.54) is 38.5 Å². The Balaban J connectivity index is 0.000000606. The van der Waals surface area contributed by atoms with Gasteiger partial charge in [-0.15, -0.1) is 0 Å². The van der Waals surface area contributed by atoms with Gasteiger partial charge < -0.3 is 0 Å². The van der Waals surface area contributed by atoms with E-state index in [1.54, 1.807) is 11.1 Å². The Bertz CT molecular complexity index is 249. The molecule has 0 aromatic heterocycles. The Morgan fingerprint density at radius 2 is 1.56 bits per heavy atom. The van der Waals surface area contributed by atoms with E-state index in [9.17, 15) is 0 Å². The average Bonchev–Trinajstić information content (AvgIpc) is 2.34. The lowest BCUT2D eigenvalue weighted by Gasteiger charge is -2.29. The largest absolute Gasteiger partial charge is 0.0730 e. The predicted octanol–water partition coefficient (Wildman–Crippen LogP) is 5.51. The molecule has 2 rings (SSSR count). The molecule has 0 heterocycles. The van der Waals surface area contributed by atoms with E-state index in [0.29, 0.717) is 0 Å². The van der Waals surface area contributed by atoms with Gasteiger partial charge in [-0.2, -0.15) is 0 Å². The van der Waals surface area contributed by atoms with Gasteiger partial charge in [-0.25, -0.2) is 0 Å². The molecule has 0 bridgehead atoms. The fourth-order valence-electron chi connectivity index (χ4n) is 2.73. The van der Waals surface area contributed by atoms with Crippen molar-refractivity contribution in [1.29, 1.82) is 0 Å². The van der Waals surface area contributed by atoms with Crippen molar-refractivity contribution in [3.05, 3.63) is 23.3 Å². The summed E-state index contributed by atoms with van der Waals surface area (Å²) in [7, 11) is 0. The fourth-order valence-corrected chi connectivity index (χ4v) is 2.73. The van der Waals surface area contributed by atoms with Crippen LogP contribution in [0, 0.1) is 11.8 Å². The smallest absolute Gasteiger partial charge is 0.0200 e. The average molecular weight is 220 g/mol. The van der Waals surface area contributed by atoms with E-state index in [-0.39, 0.29) is 0 Å². The van der Waals surface area contributed by atoms with Crippen molar-refractivity contribution in [2.75, 3.05) is 0 Å². The molecule has 0 aliphatic heterocycles. The third kappa shape index (κ3) is 3.81. The zero-order valence-electron chi connectivity index (χ0n) is 11.6. The topological polar surface area (TPSA) is 0 Å². The lowest BCUT2D eigenvalue weighted by molar-refractivity contribution is 0.315. The lowest BCUT2D eigenvalue weighted by Crippen LogP contribution is -2.15. The van der Waals surface area contributed by atoms with Crippen LogP contribution in [0.2, 0.25) is 0 Å². The monoisotopic (exact) mass is 220 g/mol. The van der Waals surface area contributed by atoms with Gasteiger partial charge in [-0.05, 0) is 44.4 Å². The minimum atomic E-state index is 0.926. The van der Waals surface area contributed by atoms with Gasteiger partial charge in [0.1, 0.15) is 0 Å². The molecule has 2 aliphatic carbocycles. The molecular formula is C16H28. The Morgan fingerprint density at radius 1 is 0.938 bits per heavy atom. The standard InChI is InChI=1S/C14H22.C2H6/c1-11-3-7-13(8-4-11)14-9-5-12(2)6-10-14;1-2/h3,7,12,14H,4-6,8-10H2,1-2H3;1-2H3. The maximum absolute atomic E-state index is 2.40. The Kier molecular flexibility index (Phi) is 5.87. The van der Waals surface area contributed by atoms with Crippen molar-refractivity contribution in [2.24, 2.45) is 11.8 Å². The van der Waals surface area contributed by atoms with Crippen molar-refractivity contribution in [2.45, 2.75) is 66.2 Å². The third-order valence-corrected chi connectivity index (χ3v) is 3.93. The first-order chi connectivity index (χ1) is 7.75. The molecule has 0 aromatic rings. The first kappa shape index (κ1) is 13.5. The van der Waals surface area contributed by atoms with Gasteiger partial charge in [-0.3, -0.25) is 0 Å². The summed E-state index contributed by atoms with van der Waals surface area (Å²) >= 11 is 0. The predicted molar refractivity (Wildman–Crippen MR) is 73.5 cm³/mol. The van der Waals surface area contributed by atoms with Gasteiger partial charge >= 0.3 is 0 Å². The van der Waals surface area contributed by atoms with Crippen molar-refractivity contribution in [3.8, 4) is 0 Å². The van der Waals surface area contributed by atoms with E-state index >= 15 is 0 Å². The molecule has 0 heteroatoms. The van der Waals surface area contributed by atoms with Crippen LogP contribution in [0.5, 0.6) is 0 Å². The van der Waals surface area contributed by atoms with Gasteiger partial charge in [0, 0.05) is 0 Å². The van der Waals surface area contributed by atoms with Crippen molar-refractivity contribution < 1.29 is 0 Å². The minimum absolute atomic E-state index is 0.926. The van der Waals surface area contributed by atoms with Crippen LogP contribution in [-0.4, -0.2) is 0 Å². The Morgan fingerprint density at radius 3 is 2.06 bits per heavy atom. The van der Waals surface area contributed by atoms with Crippen LogP contribution in [0.15, 0.2) is 23.3 Å². The fraction of sp³-hybridized carbons (Fsp3) is 0.750. The molecule has 0 atom stereocenters. The van der Waals surface area contributed by atoms with Crippen LogP contribution in [0.3, 0.4) is 0 Å². The molecule has 0 saturated heterocycles. The summed E-state index contributed by atoms with van der Waals surface area (Å²) in [6.45, 7) is 8.64. The third-order valence-electron chi connectivity index (χ3n) is 3.93. The van der Waals surface area contributed by atoms with Gasteiger partial charge in [0.2, 0.25) is 0 Å².